The predicted octanol–water partition coefficient (Wildman–Crippen LogP) is 3.59. The van der Waals surface area contributed by atoms with Crippen LogP contribution in [0.3, 0.4) is 0 Å². The number of amides is 3. The van der Waals surface area contributed by atoms with E-state index in [1.54, 1.807) is 36.4 Å². The summed E-state index contributed by atoms with van der Waals surface area (Å²) in [5.74, 6) is 0.296. The van der Waals surface area contributed by atoms with E-state index < -0.39 is 0 Å². The molecule has 0 unspecified atom stereocenters. The zero-order valence-electron chi connectivity index (χ0n) is 15.6. The Bertz CT molecular complexity index is 888. The van der Waals surface area contributed by atoms with Crippen LogP contribution in [0.4, 0.5) is 5.69 Å². The highest BCUT2D eigenvalue weighted by molar-refractivity contribution is 6.21. The lowest BCUT2D eigenvalue weighted by Crippen LogP contribution is -2.24. The van der Waals surface area contributed by atoms with Gasteiger partial charge in [0.15, 0.2) is 0 Å². The second kappa shape index (κ2) is 7.61. The Morgan fingerprint density at radius 1 is 1.04 bits per heavy atom. The van der Waals surface area contributed by atoms with Crippen molar-refractivity contribution in [1.82, 2.24) is 4.90 Å². The molecule has 0 aromatic heterocycles. The number of anilines is 1. The normalized spacial score (nSPS) is 13.1. The average molecular weight is 366 g/mol. The molecule has 3 rings (SSSR count). The highest BCUT2D eigenvalue weighted by Crippen LogP contribution is 2.25. The van der Waals surface area contributed by atoms with Gasteiger partial charge in [-0.15, -0.1) is 0 Å². The van der Waals surface area contributed by atoms with Gasteiger partial charge in [0.1, 0.15) is 5.75 Å². The quantitative estimate of drug-likeness (QED) is 0.793. The first-order valence-electron chi connectivity index (χ1n) is 8.87. The minimum atomic E-state index is -0.367. The van der Waals surface area contributed by atoms with Crippen molar-refractivity contribution in [3.05, 3.63) is 59.2 Å². The molecule has 140 valence electrons. The van der Waals surface area contributed by atoms with Gasteiger partial charge in [0, 0.05) is 18.3 Å². The van der Waals surface area contributed by atoms with Gasteiger partial charge in [-0.25, -0.2) is 0 Å². The van der Waals surface area contributed by atoms with E-state index in [0.717, 1.165) is 17.1 Å². The summed E-state index contributed by atoms with van der Waals surface area (Å²) in [6, 6.07) is 11.6. The summed E-state index contributed by atoms with van der Waals surface area (Å²) >= 11 is 0. The van der Waals surface area contributed by atoms with Crippen molar-refractivity contribution >= 4 is 23.4 Å². The van der Waals surface area contributed by atoms with Crippen molar-refractivity contribution in [3.63, 3.8) is 0 Å². The monoisotopic (exact) mass is 366 g/mol. The Kier molecular flexibility index (Phi) is 5.26. The fourth-order valence-electron chi connectivity index (χ4n) is 2.76. The topological polar surface area (TPSA) is 75.7 Å². The van der Waals surface area contributed by atoms with Crippen LogP contribution < -0.4 is 10.1 Å². The molecule has 0 saturated heterocycles. The first-order chi connectivity index (χ1) is 12.9. The number of carbonyl (C=O) groups excluding carboxylic acids is 3. The molecule has 0 atom stereocenters. The Morgan fingerprint density at radius 2 is 1.70 bits per heavy atom. The molecule has 27 heavy (non-hydrogen) atoms. The molecule has 1 aliphatic rings. The highest BCUT2D eigenvalue weighted by Gasteiger charge is 2.32. The predicted molar refractivity (Wildman–Crippen MR) is 102 cm³/mol. The van der Waals surface area contributed by atoms with Crippen LogP contribution in [-0.2, 0) is 0 Å². The second-order valence-corrected chi connectivity index (χ2v) is 6.94. The maximum Gasteiger partial charge on any atom is 0.261 e. The van der Waals surface area contributed by atoms with Crippen LogP contribution in [0.1, 0.15) is 51.3 Å². The van der Waals surface area contributed by atoms with Crippen LogP contribution in [0.15, 0.2) is 42.5 Å². The van der Waals surface area contributed by atoms with Crippen LogP contribution in [-0.4, -0.2) is 36.3 Å². The van der Waals surface area contributed by atoms with Gasteiger partial charge in [-0.1, -0.05) is 13.8 Å². The van der Waals surface area contributed by atoms with Crippen molar-refractivity contribution < 1.29 is 19.1 Å². The Labute approximate surface area is 158 Å². The van der Waals surface area contributed by atoms with Crippen molar-refractivity contribution in [2.45, 2.75) is 20.3 Å². The summed E-state index contributed by atoms with van der Waals surface area (Å²) in [7, 11) is 1.44. The molecule has 6 nitrogen and oxygen atoms in total. The third kappa shape index (κ3) is 4.00. The van der Waals surface area contributed by atoms with Gasteiger partial charge in [0.05, 0.1) is 17.7 Å². The maximum atomic E-state index is 12.4. The largest absolute Gasteiger partial charge is 0.494 e. The van der Waals surface area contributed by atoms with Crippen molar-refractivity contribution in [3.8, 4) is 5.75 Å². The molecule has 1 aliphatic heterocycles. The minimum Gasteiger partial charge on any atom is -0.494 e. The number of ether oxygens (including phenoxy) is 1. The Hall–Kier alpha value is -3.15. The third-order valence-corrected chi connectivity index (χ3v) is 4.43. The summed E-state index contributed by atoms with van der Waals surface area (Å²) in [6.45, 7) is 4.91. The fraction of sp³-hybridized carbons (Fsp3) is 0.286. The van der Waals surface area contributed by atoms with Crippen LogP contribution in [0, 0.1) is 5.92 Å². The van der Waals surface area contributed by atoms with E-state index in [0.29, 0.717) is 34.9 Å². The highest BCUT2D eigenvalue weighted by atomic mass is 16.5. The van der Waals surface area contributed by atoms with E-state index >= 15 is 0 Å². The molecule has 0 spiro atoms. The van der Waals surface area contributed by atoms with Gasteiger partial charge < -0.3 is 10.1 Å². The maximum absolute atomic E-state index is 12.4. The molecule has 3 amide bonds. The van der Waals surface area contributed by atoms with Crippen molar-refractivity contribution in [2.24, 2.45) is 5.92 Å². The molecule has 0 aliphatic carbocycles. The molecular formula is C21H22N2O4. The lowest BCUT2D eigenvalue weighted by Gasteiger charge is -2.09. The number of nitrogens with one attached hydrogen (secondary N) is 1. The van der Waals surface area contributed by atoms with E-state index in [1.165, 1.54) is 13.1 Å². The zero-order valence-corrected chi connectivity index (χ0v) is 15.6. The summed E-state index contributed by atoms with van der Waals surface area (Å²) < 4.78 is 5.65. The van der Waals surface area contributed by atoms with Gasteiger partial charge >= 0.3 is 0 Å². The van der Waals surface area contributed by atoms with Gasteiger partial charge in [-0.3, -0.25) is 19.3 Å². The summed E-state index contributed by atoms with van der Waals surface area (Å²) in [4.78, 5) is 37.5. The van der Waals surface area contributed by atoms with E-state index in [2.05, 4.69) is 19.2 Å². The minimum absolute atomic E-state index is 0.297. The van der Waals surface area contributed by atoms with Crippen LogP contribution in [0.5, 0.6) is 5.75 Å². The Morgan fingerprint density at radius 3 is 2.37 bits per heavy atom. The number of hydrogen-bond acceptors (Lipinski definition) is 4. The molecule has 0 radical (unpaired) electrons. The number of hydrogen-bond donors (Lipinski definition) is 1. The van der Waals surface area contributed by atoms with E-state index in [9.17, 15) is 14.4 Å². The molecule has 1 N–H and O–H groups in total. The lowest BCUT2D eigenvalue weighted by atomic mass is 10.1. The van der Waals surface area contributed by atoms with E-state index in [4.69, 9.17) is 4.74 Å². The molecule has 6 heteroatoms. The number of fused-ring (bicyclic) bond motifs is 1. The molecule has 0 fully saturated rings. The molecule has 0 saturated carbocycles. The first kappa shape index (κ1) is 18.6. The van der Waals surface area contributed by atoms with E-state index in [1.807, 2.05) is 0 Å². The number of benzene rings is 2. The van der Waals surface area contributed by atoms with Crippen LogP contribution in [0.2, 0.25) is 0 Å². The molecule has 2 aromatic rings. The zero-order chi connectivity index (χ0) is 19.6. The van der Waals surface area contributed by atoms with Gasteiger partial charge in [0.25, 0.3) is 17.7 Å². The summed E-state index contributed by atoms with van der Waals surface area (Å²) in [5.41, 5.74) is 1.59. The summed E-state index contributed by atoms with van der Waals surface area (Å²) in [5, 5.41) is 2.75. The molecule has 0 bridgehead atoms. The average Bonchev–Trinajstić information content (AvgIpc) is 2.86. The number of rotatable bonds is 6. The first-order valence-corrected chi connectivity index (χ1v) is 8.87. The smallest absolute Gasteiger partial charge is 0.261 e. The van der Waals surface area contributed by atoms with Crippen molar-refractivity contribution in [1.29, 1.82) is 0 Å². The number of imide groups is 1. The Balaban J connectivity index is 1.66. The van der Waals surface area contributed by atoms with Gasteiger partial charge in [0.2, 0.25) is 0 Å². The fourth-order valence-corrected chi connectivity index (χ4v) is 2.76. The van der Waals surface area contributed by atoms with Crippen molar-refractivity contribution in [2.75, 3.05) is 19.0 Å². The number of carbonyl (C=O) groups is 3. The van der Waals surface area contributed by atoms with Crippen LogP contribution in [0.25, 0.3) is 0 Å². The standard InChI is InChI=1S/C21H22N2O4/c1-13(2)10-11-27-16-7-4-14(5-8-16)19(24)22-15-6-9-17-18(12-15)21(26)23(3)20(17)25/h4-9,12-13H,10-11H2,1-3H3,(H,22,24). The number of nitrogens with zero attached hydrogens (tertiary/aromatic N) is 1. The van der Waals surface area contributed by atoms with Crippen LogP contribution >= 0.6 is 0 Å². The lowest BCUT2D eigenvalue weighted by molar-refractivity contribution is 0.0692. The van der Waals surface area contributed by atoms with Gasteiger partial charge in [-0.2, -0.15) is 0 Å². The third-order valence-electron chi connectivity index (χ3n) is 4.43. The van der Waals surface area contributed by atoms with Gasteiger partial charge in [-0.05, 0) is 54.8 Å². The summed E-state index contributed by atoms with van der Waals surface area (Å²) in [6.07, 6.45) is 0.969. The van der Waals surface area contributed by atoms with E-state index in [-0.39, 0.29) is 17.7 Å². The SMILES string of the molecule is CC(C)CCOc1ccc(C(=O)Nc2ccc3c(c2)C(=O)N(C)C3=O)cc1. The molecule has 1 heterocycles. The second-order valence-electron chi connectivity index (χ2n) is 6.94. The molecular weight excluding hydrogens is 344 g/mol. The molecule has 2 aromatic carbocycles.